The summed E-state index contributed by atoms with van der Waals surface area (Å²) in [5.41, 5.74) is 9.55. The zero-order chi connectivity index (χ0) is 17.9. The molecule has 0 aliphatic carbocycles. The van der Waals surface area contributed by atoms with E-state index in [1.807, 2.05) is 30.3 Å². The standard InChI is InChI=1S/C17H12N8O/c18-8-11(16-22-24-25-23-16)9-20-13-3-1-2-10(6-13)17-21-14-7-12(19)4-5-15(14)26-17/h1-7,9,20H,19H2,(H,22,23,24,25). The highest BCUT2D eigenvalue weighted by molar-refractivity contribution is 5.80. The van der Waals surface area contributed by atoms with Crippen molar-refractivity contribution in [3.63, 3.8) is 0 Å². The van der Waals surface area contributed by atoms with Crippen LogP contribution in [0.25, 0.3) is 28.1 Å². The number of nitrogens with one attached hydrogen (secondary N) is 2. The van der Waals surface area contributed by atoms with Gasteiger partial charge in [0, 0.05) is 23.1 Å². The molecule has 4 rings (SSSR count). The first-order valence-electron chi connectivity index (χ1n) is 7.60. The number of H-pyrrole nitrogens is 1. The Morgan fingerprint density at radius 3 is 3.00 bits per heavy atom. The zero-order valence-electron chi connectivity index (χ0n) is 13.3. The van der Waals surface area contributed by atoms with Gasteiger partial charge in [-0.1, -0.05) is 6.07 Å². The monoisotopic (exact) mass is 344 g/mol. The van der Waals surface area contributed by atoms with E-state index in [0.29, 0.717) is 22.7 Å². The predicted molar refractivity (Wildman–Crippen MR) is 95.2 cm³/mol. The third-order valence-electron chi connectivity index (χ3n) is 3.61. The number of anilines is 2. The maximum atomic E-state index is 9.20. The summed E-state index contributed by atoms with van der Waals surface area (Å²) in [4.78, 5) is 4.46. The van der Waals surface area contributed by atoms with Crippen molar-refractivity contribution < 1.29 is 4.42 Å². The number of fused-ring (bicyclic) bond motifs is 1. The topological polar surface area (TPSA) is 142 Å². The second-order valence-electron chi connectivity index (χ2n) is 5.38. The van der Waals surface area contributed by atoms with Gasteiger partial charge in [-0.25, -0.2) is 4.98 Å². The Balaban J connectivity index is 1.63. The summed E-state index contributed by atoms with van der Waals surface area (Å²) < 4.78 is 5.78. The van der Waals surface area contributed by atoms with Crippen LogP contribution in [-0.4, -0.2) is 25.6 Å². The number of aromatic amines is 1. The van der Waals surface area contributed by atoms with E-state index in [1.165, 1.54) is 6.20 Å². The first-order chi connectivity index (χ1) is 12.7. The molecule has 0 saturated heterocycles. The fourth-order valence-corrected chi connectivity index (χ4v) is 2.39. The second kappa shape index (κ2) is 6.37. The van der Waals surface area contributed by atoms with Gasteiger partial charge in [-0.3, -0.25) is 0 Å². The third kappa shape index (κ3) is 2.94. The van der Waals surface area contributed by atoms with E-state index in [9.17, 15) is 5.26 Å². The number of nitrogens with zero attached hydrogens (tertiary/aromatic N) is 5. The summed E-state index contributed by atoms with van der Waals surface area (Å²) in [5, 5.41) is 25.6. The summed E-state index contributed by atoms with van der Waals surface area (Å²) in [6, 6.07) is 14.8. The minimum absolute atomic E-state index is 0.215. The molecule has 0 aliphatic heterocycles. The second-order valence-corrected chi connectivity index (χ2v) is 5.38. The van der Waals surface area contributed by atoms with Gasteiger partial charge in [0.15, 0.2) is 5.58 Å². The highest BCUT2D eigenvalue weighted by atomic mass is 16.3. The van der Waals surface area contributed by atoms with Crippen LogP contribution in [0.3, 0.4) is 0 Å². The highest BCUT2D eigenvalue weighted by Gasteiger charge is 2.09. The first kappa shape index (κ1) is 15.3. The number of nitrogens with two attached hydrogens (primary N) is 1. The lowest BCUT2D eigenvalue weighted by molar-refractivity contribution is 0.620. The molecule has 0 saturated carbocycles. The van der Waals surface area contributed by atoms with Crippen LogP contribution in [0.15, 0.2) is 53.1 Å². The van der Waals surface area contributed by atoms with Crippen LogP contribution >= 0.6 is 0 Å². The Kier molecular flexibility index (Phi) is 3.76. The molecule has 0 bridgehead atoms. The minimum atomic E-state index is 0.215. The number of hydrogen-bond donors (Lipinski definition) is 3. The van der Waals surface area contributed by atoms with Gasteiger partial charge in [0.05, 0.1) is 0 Å². The molecule has 0 fully saturated rings. The van der Waals surface area contributed by atoms with Crippen molar-refractivity contribution in [2.75, 3.05) is 11.1 Å². The van der Waals surface area contributed by atoms with E-state index >= 15 is 0 Å². The zero-order valence-corrected chi connectivity index (χ0v) is 13.3. The normalized spacial score (nSPS) is 11.4. The Morgan fingerprint density at radius 1 is 1.27 bits per heavy atom. The highest BCUT2D eigenvalue weighted by Crippen LogP contribution is 2.27. The largest absolute Gasteiger partial charge is 0.436 e. The lowest BCUT2D eigenvalue weighted by Crippen LogP contribution is -1.93. The van der Waals surface area contributed by atoms with E-state index in [-0.39, 0.29) is 11.4 Å². The van der Waals surface area contributed by atoms with Crippen molar-refractivity contribution in [1.82, 2.24) is 25.6 Å². The number of benzene rings is 2. The van der Waals surface area contributed by atoms with Gasteiger partial charge in [-0.15, -0.1) is 10.2 Å². The first-order valence-corrected chi connectivity index (χ1v) is 7.60. The molecule has 26 heavy (non-hydrogen) atoms. The van der Waals surface area contributed by atoms with Gasteiger partial charge in [-0.2, -0.15) is 10.5 Å². The van der Waals surface area contributed by atoms with E-state index < -0.39 is 0 Å². The van der Waals surface area contributed by atoms with Crippen molar-refractivity contribution >= 4 is 28.0 Å². The Morgan fingerprint density at radius 2 is 2.19 bits per heavy atom. The van der Waals surface area contributed by atoms with Crippen molar-refractivity contribution in [2.24, 2.45) is 0 Å². The molecule has 9 nitrogen and oxygen atoms in total. The lowest BCUT2D eigenvalue weighted by atomic mass is 10.2. The van der Waals surface area contributed by atoms with Gasteiger partial charge in [0.2, 0.25) is 11.7 Å². The van der Waals surface area contributed by atoms with Gasteiger partial charge in [0.25, 0.3) is 0 Å². The summed E-state index contributed by atoms with van der Waals surface area (Å²) in [5.74, 6) is 0.699. The Labute approximate surface area is 147 Å². The lowest BCUT2D eigenvalue weighted by Gasteiger charge is -2.03. The van der Waals surface area contributed by atoms with Crippen LogP contribution < -0.4 is 11.1 Å². The molecule has 0 amide bonds. The van der Waals surface area contributed by atoms with Gasteiger partial charge in [0.1, 0.15) is 17.2 Å². The van der Waals surface area contributed by atoms with Crippen LogP contribution in [0.2, 0.25) is 0 Å². The van der Waals surface area contributed by atoms with Gasteiger partial charge < -0.3 is 15.5 Å². The predicted octanol–water partition coefficient (Wildman–Crippen LogP) is 2.57. The number of hydrogen-bond acceptors (Lipinski definition) is 8. The van der Waals surface area contributed by atoms with Gasteiger partial charge >= 0.3 is 0 Å². The molecule has 126 valence electrons. The maximum absolute atomic E-state index is 9.20. The maximum Gasteiger partial charge on any atom is 0.227 e. The minimum Gasteiger partial charge on any atom is -0.436 e. The fourth-order valence-electron chi connectivity index (χ4n) is 2.39. The van der Waals surface area contributed by atoms with Crippen LogP contribution in [0, 0.1) is 11.3 Å². The molecule has 2 aromatic carbocycles. The average Bonchev–Trinajstić information content (AvgIpc) is 3.32. The number of rotatable bonds is 4. The fraction of sp³-hybridized carbons (Fsp3) is 0. The number of allylic oxidation sites excluding steroid dienone is 1. The Bertz CT molecular complexity index is 1140. The summed E-state index contributed by atoms with van der Waals surface area (Å²) >= 11 is 0. The van der Waals surface area contributed by atoms with Crippen molar-refractivity contribution in [2.45, 2.75) is 0 Å². The molecular weight excluding hydrogens is 332 g/mol. The summed E-state index contributed by atoms with van der Waals surface area (Å²) in [7, 11) is 0. The van der Waals surface area contributed by atoms with E-state index in [2.05, 4.69) is 30.9 Å². The van der Waals surface area contributed by atoms with Crippen LogP contribution in [-0.2, 0) is 0 Å². The van der Waals surface area contributed by atoms with Gasteiger partial charge in [-0.05, 0) is 41.6 Å². The van der Waals surface area contributed by atoms with Crippen LogP contribution in [0.1, 0.15) is 5.82 Å². The molecule has 2 heterocycles. The molecule has 4 aromatic rings. The smallest absolute Gasteiger partial charge is 0.227 e. The van der Waals surface area contributed by atoms with Crippen molar-refractivity contribution in [3.05, 3.63) is 54.5 Å². The Hall–Kier alpha value is -4.19. The third-order valence-corrected chi connectivity index (χ3v) is 3.61. The number of nitriles is 1. The number of oxazole rings is 1. The number of tetrazole rings is 1. The van der Waals surface area contributed by atoms with Crippen LogP contribution in [0.4, 0.5) is 11.4 Å². The molecule has 0 atom stereocenters. The van der Waals surface area contributed by atoms with E-state index in [4.69, 9.17) is 10.2 Å². The van der Waals surface area contributed by atoms with Crippen molar-refractivity contribution in [1.29, 1.82) is 5.26 Å². The SMILES string of the molecule is N#CC(=CNc1cccc(-c2nc3cc(N)ccc3o2)c1)c1nn[nH]n1. The summed E-state index contributed by atoms with van der Waals surface area (Å²) in [6.45, 7) is 0. The number of aromatic nitrogens is 5. The van der Waals surface area contributed by atoms with E-state index in [0.717, 1.165) is 11.3 Å². The molecular formula is C17H12N8O. The molecule has 0 aliphatic rings. The molecule has 9 heteroatoms. The summed E-state index contributed by atoms with van der Waals surface area (Å²) in [6.07, 6.45) is 1.51. The van der Waals surface area contributed by atoms with Crippen LogP contribution in [0.5, 0.6) is 0 Å². The molecule has 2 aromatic heterocycles. The van der Waals surface area contributed by atoms with Crippen molar-refractivity contribution in [3.8, 4) is 17.5 Å². The molecule has 4 N–H and O–H groups in total. The van der Waals surface area contributed by atoms with E-state index in [1.54, 1.807) is 18.2 Å². The average molecular weight is 344 g/mol. The molecule has 0 radical (unpaired) electrons. The number of nitrogen functional groups attached to an aromatic ring is 1. The molecule has 0 spiro atoms. The molecule has 0 unspecified atom stereocenters. The quantitative estimate of drug-likeness (QED) is 0.378.